The first kappa shape index (κ1) is 24.1. The fourth-order valence-corrected chi connectivity index (χ4v) is 10.5. The molecule has 10 atom stereocenters. The van der Waals surface area contributed by atoms with Crippen LogP contribution in [0.4, 0.5) is 0 Å². The van der Waals surface area contributed by atoms with Crippen molar-refractivity contribution >= 4 is 5.91 Å². The van der Waals surface area contributed by atoms with Crippen LogP contribution >= 0.6 is 0 Å². The van der Waals surface area contributed by atoms with E-state index in [0.717, 1.165) is 56.9 Å². The summed E-state index contributed by atoms with van der Waals surface area (Å²) in [5.41, 5.74) is -0.226. The van der Waals surface area contributed by atoms with E-state index in [2.05, 4.69) is 20.8 Å². The molecule has 4 heteroatoms. The van der Waals surface area contributed by atoms with Crippen LogP contribution in [0.2, 0.25) is 0 Å². The highest BCUT2D eigenvalue weighted by Crippen LogP contribution is 2.69. The van der Waals surface area contributed by atoms with Gasteiger partial charge in [0, 0.05) is 13.0 Å². The topological polar surface area (TPSA) is 60.8 Å². The van der Waals surface area contributed by atoms with Gasteiger partial charge in [0.05, 0.1) is 17.7 Å². The van der Waals surface area contributed by atoms with Crippen molar-refractivity contribution in [3.8, 4) is 0 Å². The second-order valence-electron chi connectivity index (χ2n) is 13.4. The van der Waals surface area contributed by atoms with Crippen molar-refractivity contribution < 1.29 is 15.0 Å². The maximum absolute atomic E-state index is 12.8. The number of aliphatic hydroxyl groups excluding tert-OH is 1. The van der Waals surface area contributed by atoms with Gasteiger partial charge in [-0.15, -0.1) is 0 Å². The van der Waals surface area contributed by atoms with Crippen LogP contribution < -0.4 is 0 Å². The predicted octanol–water partition coefficient (Wildman–Crippen LogP) is 5.55. The number of carbonyl (C=O) groups excluding carboxylic acids is 1. The molecule has 1 aliphatic heterocycles. The van der Waals surface area contributed by atoms with E-state index in [1.165, 1.54) is 38.5 Å². The highest BCUT2D eigenvalue weighted by atomic mass is 16.3. The van der Waals surface area contributed by atoms with Crippen LogP contribution in [-0.4, -0.2) is 45.3 Å². The van der Waals surface area contributed by atoms with Gasteiger partial charge in [-0.05, 0) is 124 Å². The Bertz CT molecular complexity index is 751. The minimum Gasteiger partial charge on any atom is -0.393 e. The van der Waals surface area contributed by atoms with Gasteiger partial charge in [0.15, 0.2) is 0 Å². The first-order valence-corrected chi connectivity index (χ1v) is 14.3. The molecule has 1 amide bonds. The number of aliphatic hydroxyl groups is 2. The smallest absolute Gasteiger partial charge is 0.222 e. The Morgan fingerprint density at radius 3 is 2.45 bits per heavy atom. The van der Waals surface area contributed by atoms with Crippen LogP contribution in [0.1, 0.15) is 111 Å². The van der Waals surface area contributed by atoms with Crippen molar-refractivity contribution in [2.45, 2.75) is 129 Å². The lowest BCUT2D eigenvalue weighted by atomic mass is 9.44. The number of piperidine rings is 1. The minimum atomic E-state index is -0.808. The van der Waals surface area contributed by atoms with E-state index in [-0.39, 0.29) is 29.4 Å². The van der Waals surface area contributed by atoms with Crippen LogP contribution in [0.5, 0.6) is 0 Å². The predicted molar refractivity (Wildman–Crippen MR) is 131 cm³/mol. The summed E-state index contributed by atoms with van der Waals surface area (Å²) in [6.45, 7) is 9.93. The fraction of sp³-hybridized carbons (Fsp3) is 0.966. The minimum absolute atomic E-state index is 0.0231. The fourth-order valence-electron chi connectivity index (χ4n) is 10.5. The molecular formula is C29H49NO3. The molecule has 4 aliphatic carbocycles. The van der Waals surface area contributed by atoms with Crippen molar-refractivity contribution in [2.75, 3.05) is 6.54 Å². The molecule has 0 aromatic heterocycles. The third-order valence-corrected chi connectivity index (χ3v) is 12.1. The second-order valence-corrected chi connectivity index (χ2v) is 13.4. The summed E-state index contributed by atoms with van der Waals surface area (Å²) in [6, 6.07) is -0.0231. The van der Waals surface area contributed by atoms with Gasteiger partial charge in [0.1, 0.15) is 0 Å². The van der Waals surface area contributed by atoms with Crippen LogP contribution in [0, 0.1) is 40.4 Å². The maximum atomic E-state index is 12.8. The second kappa shape index (κ2) is 8.50. The molecule has 0 radical (unpaired) electrons. The largest absolute Gasteiger partial charge is 0.393 e. The highest BCUT2D eigenvalue weighted by Gasteiger charge is 2.63. The summed E-state index contributed by atoms with van der Waals surface area (Å²) >= 11 is 0. The van der Waals surface area contributed by atoms with Crippen LogP contribution in [0.15, 0.2) is 0 Å². The molecule has 2 N–H and O–H groups in total. The highest BCUT2D eigenvalue weighted by molar-refractivity contribution is 5.76. The molecule has 2 unspecified atom stereocenters. The zero-order chi connectivity index (χ0) is 23.6. The summed E-state index contributed by atoms with van der Waals surface area (Å²) in [4.78, 5) is 14.8. The van der Waals surface area contributed by atoms with Crippen LogP contribution in [0.3, 0.4) is 0 Å². The first-order valence-electron chi connectivity index (χ1n) is 14.3. The number of amides is 1. The Morgan fingerprint density at radius 1 is 0.970 bits per heavy atom. The van der Waals surface area contributed by atoms with E-state index in [9.17, 15) is 15.0 Å². The van der Waals surface area contributed by atoms with Crippen LogP contribution in [-0.2, 0) is 4.79 Å². The molecule has 5 fully saturated rings. The molecule has 5 rings (SSSR count). The average molecular weight is 460 g/mol. The maximum Gasteiger partial charge on any atom is 0.222 e. The first-order chi connectivity index (χ1) is 15.6. The number of fused-ring (bicyclic) bond motifs is 5. The quantitative estimate of drug-likeness (QED) is 0.582. The number of hydrogen-bond donors (Lipinski definition) is 2. The van der Waals surface area contributed by atoms with E-state index >= 15 is 0 Å². The number of nitrogens with zero attached hydrogens (tertiary/aromatic N) is 1. The number of likely N-dealkylation sites (tertiary alicyclic amines) is 1. The molecule has 5 aliphatic rings. The molecule has 1 heterocycles. The van der Waals surface area contributed by atoms with E-state index in [1.54, 1.807) is 0 Å². The van der Waals surface area contributed by atoms with Gasteiger partial charge < -0.3 is 15.1 Å². The molecule has 0 spiro atoms. The Balaban J connectivity index is 1.39. The lowest BCUT2D eigenvalue weighted by molar-refractivity contribution is -0.167. The van der Waals surface area contributed by atoms with Gasteiger partial charge in [-0.25, -0.2) is 0 Å². The molecule has 4 saturated carbocycles. The van der Waals surface area contributed by atoms with Gasteiger partial charge in [0.25, 0.3) is 0 Å². The van der Waals surface area contributed by atoms with Crippen molar-refractivity contribution in [2.24, 2.45) is 40.4 Å². The van der Waals surface area contributed by atoms with Crippen molar-refractivity contribution in [3.05, 3.63) is 0 Å². The van der Waals surface area contributed by atoms with Gasteiger partial charge >= 0.3 is 0 Å². The van der Waals surface area contributed by atoms with Crippen molar-refractivity contribution in [1.82, 2.24) is 4.90 Å². The van der Waals surface area contributed by atoms with Crippen molar-refractivity contribution in [3.63, 3.8) is 0 Å². The van der Waals surface area contributed by atoms with Crippen molar-refractivity contribution in [1.29, 1.82) is 0 Å². The summed E-state index contributed by atoms with van der Waals surface area (Å²) < 4.78 is 0. The Morgan fingerprint density at radius 2 is 1.70 bits per heavy atom. The summed E-state index contributed by atoms with van der Waals surface area (Å²) in [7, 11) is 0. The molecule has 0 aromatic carbocycles. The van der Waals surface area contributed by atoms with Gasteiger partial charge in [-0.1, -0.05) is 20.8 Å². The van der Waals surface area contributed by atoms with Gasteiger partial charge in [0.2, 0.25) is 5.91 Å². The molecule has 33 heavy (non-hydrogen) atoms. The summed E-state index contributed by atoms with van der Waals surface area (Å²) in [5, 5.41) is 22.5. The molecule has 1 saturated heterocycles. The van der Waals surface area contributed by atoms with E-state index in [4.69, 9.17) is 0 Å². The van der Waals surface area contributed by atoms with E-state index in [0.29, 0.717) is 23.7 Å². The number of rotatable bonds is 3. The van der Waals surface area contributed by atoms with Crippen LogP contribution in [0.25, 0.3) is 0 Å². The zero-order valence-electron chi connectivity index (χ0n) is 21.7. The van der Waals surface area contributed by atoms with E-state index in [1.807, 2.05) is 11.8 Å². The molecule has 188 valence electrons. The number of hydrogen-bond acceptors (Lipinski definition) is 3. The monoisotopic (exact) mass is 459 g/mol. The molecule has 4 nitrogen and oxygen atoms in total. The van der Waals surface area contributed by atoms with Gasteiger partial charge in [-0.3, -0.25) is 4.79 Å². The zero-order valence-corrected chi connectivity index (χ0v) is 21.7. The Labute approximate surface area is 201 Å². The summed E-state index contributed by atoms with van der Waals surface area (Å²) in [6.07, 6.45) is 14.3. The summed E-state index contributed by atoms with van der Waals surface area (Å²) in [5.74, 6) is 3.47. The molecular weight excluding hydrogens is 410 g/mol. The normalized spacial score (nSPS) is 49.5. The Kier molecular flexibility index (Phi) is 6.21. The van der Waals surface area contributed by atoms with Gasteiger partial charge in [-0.2, -0.15) is 0 Å². The molecule has 0 bridgehead atoms. The number of carbonyl (C=O) groups is 1. The van der Waals surface area contributed by atoms with E-state index < -0.39 is 5.60 Å². The third kappa shape index (κ3) is 3.63. The third-order valence-electron chi connectivity index (χ3n) is 12.1. The standard InChI is InChI=1S/C29H49NO3/c1-5-26(32)30-17-7-6-8-25(30)29(4,33)24-12-11-22-21-10-9-19-18-20(31)13-15-27(19,2)23(21)14-16-28(22,24)3/h19-25,31,33H,5-18H2,1-4H3/t19-,20-,21-,22-,23-,24-,25?,27-,28-,29?/m0/s1. The lowest BCUT2D eigenvalue weighted by Crippen LogP contribution is -2.62. The molecule has 0 aromatic rings. The SMILES string of the molecule is CCC(=O)N1CCCCC1C(C)(O)[C@H]1CC[C@H]2[C@@H]3CC[C@H]4C[C@@H](O)CC[C@]4(C)[C@H]3CC[C@]12C. The Hall–Kier alpha value is -0.610. The average Bonchev–Trinajstić information content (AvgIpc) is 3.17. The lowest BCUT2D eigenvalue weighted by Gasteiger charge is -2.62.